The molecule has 2 heterocycles. The van der Waals surface area contributed by atoms with Gasteiger partial charge in [-0.3, -0.25) is 24.8 Å². The number of methoxy groups -OCH3 is 2. The van der Waals surface area contributed by atoms with Gasteiger partial charge in [0, 0.05) is 5.56 Å². The molecule has 2 aromatic carbocycles. The van der Waals surface area contributed by atoms with Gasteiger partial charge in [0.1, 0.15) is 0 Å². The van der Waals surface area contributed by atoms with Crippen molar-refractivity contribution < 1.29 is 23.9 Å². The number of rotatable bonds is 5. The second-order valence-electron chi connectivity index (χ2n) is 6.14. The van der Waals surface area contributed by atoms with Gasteiger partial charge in [0.05, 0.1) is 32.0 Å². The number of likely N-dealkylation sites (tertiary alicyclic amines) is 1. The van der Waals surface area contributed by atoms with E-state index in [2.05, 4.69) is 5.48 Å². The number of nitrogens with one attached hydrogen (secondary N) is 1. The van der Waals surface area contributed by atoms with E-state index in [0.29, 0.717) is 22.8 Å². The molecule has 7 heteroatoms. The summed E-state index contributed by atoms with van der Waals surface area (Å²) in [5.41, 5.74) is 4.89. The van der Waals surface area contributed by atoms with Crippen molar-refractivity contribution in [1.82, 2.24) is 10.4 Å². The molecule has 0 unspecified atom stereocenters. The number of nitrogens with zero attached hydrogens (tertiary/aromatic N) is 1. The van der Waals surface area contributed by atoms with Gasteiger partial charge >= 0.3 is 0 Å². The third kappa shape index (κ3) is 2.72. The minimum absolute atomic E-state index is 0.199. The summed E-state index contributed by atoms with van der Waals surface area (Å²) in [7, 11) is 3.05. The van der Waals surface area contributed by atoms with Crippen molar-refractivity contribution in [1.29, 1.82) is 0 Å². The van der Waals surface area contributed by atoms with Crippen molar-refractivity contribution in [2.24, 2.45) is 0 Å². The van der Waals surface area contributed by atoms with Crippen LogP contribution < -0.4 is 15.0 Å². The van der Waals surface area contributed by atoms with E-state index in [1.165, 1.54) is 19.1 Å². The summed E-state index contributed by atoms with van der Waals surface area (Å²) in [6.45, 7) is 0.199. The number of hydrogen-bond donors (Lipinski definition) is 1. The van der Waals surface area contributed by atoms with Crippen LogP contribution in [0.25, 0.3) is 5.70 Å². The van der Waals surface area contributed by atoms with Crippen LogP contribution in [0.15, 0.2) is 54.1 Å². The molecule has 2 aliphatic rings. The smallest absolute Gasteiger partial charge is 0.266 e. The van der Waals surface area contributed by atoms with Gasteiger partial charge in [-0.2, -0.15) is 0 Å². The molecule has 0 aromatic heterocycles. The Morgan fingerprint density at radius 1 is 1.04 bits per heavy atom. The lowest BCUT2D eigenvalue weighted by atomic mass is 10.0. The zero-order valence-electron chi connectivity index (χ0n) is 14.9. The third-order valence-corrected chi connectivity index (χ3v) is 4.63. The molecular formula is C20H18N2O5. The third-order valence-electron chi connectivity index (χ3n) is 4.63. The van der Waals surface area contributed by atoms with E-state index in [4.69, 9.17) is 14.3 Å². The molecule has 0 radical (unpaired) electrons. The summed E-state index contributed by atoms with van der Waals surface area (Å²) in [5.74, 6) is 0.217. The number of fused-ring (bicyclic) bond motifs is 1. The summed E-state index contributed by atoms with van der Waals surface area (Å²) in [5, 5.41) is 0. The zero-order valence-corrected chi connectivity index (χ0v) is 14.9. The second kappa shape index (κ2) is 6.77. The molecule has 2 amide bonds. The number of amides is 2. The molecule has 27 heavy (non-hydrogen) atoms. The number of hydrogen-bond acceptors (Lipinski definition) is 6. The van der Waals surface area contributed by atoms with Crippen molar-refractivity contribution in [3.05, 3.63) is 65.2 Å². The Balaban J connectivity index is 1.75. The summed E-state index contributed by atoms with van der Waals surface area (Å²) in [6, 6.07) is 14.7. The standard InChI is InChI=1S/C20H18N2O5/c1-25-14-10-6-9-13(17(14)26-2)16-15-18(27-21-16)20(24)22(19(15)23)11-12-7-4-3-5-8-12/h3-10,18,21H,11H2,1-2H3/t18-/m0/s1. The van der Waals surface area contributed by atoms with E-state index in [0.717, 1.165) is 5.56 Å². The van der Waals surface area contributed by atoms with Gasteiger partial charge in [0.2, 0.25) is 0 Å². The van der Waals surface area contributed by atoms with Crippen LogP contribution in [0.4, 0.5) is 0 Å². The van der Waals surface area contributed by atoms with Gasteiger partial charge in [-0.05, 0) is 17.7 Å². The lowest BCUT2D eigenvalue weighted by Gasteiger charge is -2.17. The first-order valence-electron chi connectivity index (χ1n) is 8.42. The van der Waals surface area contributed by atoms with Gasteiger partial charge in [-0.1, -0.05) is 36.4 Å². The lowest BCUT2D eigenvalue weighted by Crippen LogP contribution is -2.33. The Labute approximate surface area is 156 Å². The Bertz CT molecular complexity index is 939. The maximum absolute atomic E-state index is 13.0. The van der Waals surface area contributed by atoms with E-state index >= 15 is 0 Å². The molecule has 4 rings (SSSR count). The van der Waals surface area contributed by atoms with Crippen molar-refractivity contribution in [2.75, 3.05) is 14.2 Å². The molecule has 1 saturated heterocycles. The number of hydroxylamine groups is 1. The van der Waals surface area contributed by atoms with Gasteiger partial charge in [-0.25, -0.2) is 0 Å². The number of para-hydroxylation sites is 1. The quantitative estimate of drug-likeness (QED) is 0.815. The highest BCUT2D eigenvalue weighted by molar-refractivity contribution is 6.20. The number of imide groups is 1. The van der Waals surface area contributed by atoms with Crippen molar-refractivity contribution in [3.8, 4) is 11.5 Å². The minimum Gasteiger partial charge on any atom is -0.493 e. The number of benzene rings is 2. The molecule has 0 spiro atoms. The monoisotopic (exact) mass is 366 g/mol. The van der Waals surface area contributed by atoms with E-state index in [9.17, 15) is 9.59 Å². The summed E-state index contributed by atoms with van der Waals surface area (Å²) in [6.07, 6.45) is -0.966. The van der Waals surface area contributed by atoms with Crippen molar-refractivity contribution >= 4 is 17.5 Å². The fraction of sp³-hybridized carbons (Fsp3) is 0.200. The molecule has 1 atom stereocenters. The maximum atomic E-state index is 13.0. The molecule has 2 aromatic rings. The highest BCUT2D eigenvalue weighted by Gasteiger charge is 2.50. The fourth-order valence-corrected chi connectivity index (χ4v) is 3.34. The summed E-state index contributed by atoms with van der Waals surface area (Å²) < 4.78 is 10.8. The minimum atomic E-state index is -0.966. The molecule has 1 N–H and O–H groups in total. The number of carbonyl (C=O) groups is 2. The second-order valence-corrected chi connectivity index (χ2v) is 6.14. The van der Waals surface area contributed by atoms with Gasteiger partial charge in [0.25, 0.3) is 11.8 Å². The summed E-state index contributed by atoms with van der Waals surface area (Å²) >= 11 is 0. The molecule has 0 aliphatic carbocycles. The van der Waals surface area contributed by atoms with Crippen LogP contribution in [0, 0.1) is 0 Å². The normalized spacial score (nSPS) is 18.6. The number of carbonyl (C=O) groups excluding carboxylic acids is 2. The van der Waals surface area contributed by atoms with E-state index < -0.39 is 6.10 Å². The van der Waals surface area contributed by atoms with Crippen molar-refractivity contribution in [3.63, 3.8) is 0 Å². The Kier molecular flexibility index (Phi) is 4.29. The highest BCUT2D eigenvalue weighted by atomic mass is 16.7. The predicted octanol–water partition coefficient (Wildman–Crippen LogP) is 1.89. The highest BCUT2D eigenvalue weighted by Crippen LogP contribution is 2.40. The Hall–Kier alpha value is -3.32. The first kappa shape index (κ1) is 17.1. The largest absolute Gasteiger partial charge is 0.493 e. The zero-order chi connectivity index (χ0) is 19.0. The Morgan fingerprint density at radius 2 is 1.81 bits per heavy atom. The van der Waals surface area contributed by atoms with Crippen LogP contribution >= 0.6 is 0 Å². The van der Waals surface area contributed by atoms with Gasteiger partial charge in [0.15, 0.2) is 17.6 Å². The Morgan fingerprint density at radius 3 is 2.52 bits per heavy atom. The number of ether oxygens (including phenoxy) is 2. The van der Waals surface area contributed by atoms with E-state index in [1.807, 2.05) is 30.3 Å². The first-order valence-corrected chi connectivity index (χ1v) is 8.42. The lowest BCUT2D eigenvalue weighted by molar-refractivity contribution is -0.144. The molecule has 2 aliphatic heterocycles. The average molecular weight is 366 g/mol. The van der Waals surface area contributed by atoms with Crippen molar-refractivity contribution in [2.45, 2.75) is 12.6 Å². The first-order chi connectivity index (χ1) is 13.2. The molecule has 0 saturated carbocycles. The SMILES string of the molecule is COc1cccc(C2=C3C(=O)N(Cc4ccccc4)C(=O)[C@H]3ON2)c1OC. The molecule has 138 valence electrons. The average Bonchev–Trinajstić information content (AvgIpc) is 3.24. The molecule has 0 bridgehead atoms. The fourth-order valence-electron chi connectivity index (χ4n) is 3.34. The van der Waals surface area contributed by atoms with Crippen LogP contribution in [0.5, 0.6) is 11.5 Å². The van der Waals surface area contributed by atoms with Crippen LogP contribution in [-0.2, 0) is 21.0 Å². The van der Waals surface area contributed by atoms with Crippen LogP contribution in [-0.4, -0.2) is 37.0 Å². The molecule has 7 nitrogen and oxygen atoms in total. The van der Waals surface area contributed by atoms with Crippen LogP contribution in [0.3, 0.4) is 0 Å². The van der Waals surface area contributed by atoms with Crippen LogP contribution in [0.2, 0.25) is 0 Å². The predicted molar refractivity (Wildman–Crippen MR) is 96.5 cm³/mol. The molecule has 1 fully saturated rings. The maximum Gasteiger partial charge on any atom is 0.266 e. The topological polar surface area (TPSA) is 77.1 Å². The van der Waals surface area contributed by atoms with Gasteiger partial charge < -0.3 is 9.47 Å². The van der Waals surface area contributed by atoms with E-state index in [-0.39, 0.29) is 23.9 Å². The summed E-state index contributed by atoms with van der Waals surface area (Å²) in [4.78, 5) is 32.3. The van der Waals surface area contributed by atoms with E-state index in [1.54, 1.807) is 18.2 Å². The van der Waals surface area contributed by atoms with Gasteiger partial charge in [-0.15, -0.1) is 0 Å². The van der Waals surface area contributed by atoms with Crippen LogP contribution in [0.1, 0.15) is 11.1 Å². The molecular weight excluding hydrogens is 348 g/mol.